The molecular weight excluding hydrogens is 378 g/mol. The fraction of sp³-hybridized carbons (Fsp3) is 0.182. The van der Waals surface area contributed by atoms with Crippen LogP contribution in [0.4, 0.5) is 26.3 Å². The van der Waals surface area contributed by atoms with Crippen molar-refractivity contribution in [3.63, 3.8) is 0 Å². The molecule has 146 valence electrons. The minimum Gasteiger partial charge on any atom is -0.166 e. The second kappa shape index (κ2) is 7.70. The predicted molar refractivity (Wildman–Crippen MR) is 94.9 cm³/mol. The average molecular weight is 394 g/mol. The van der Waals surface area contributed by atoms with E-state index in [1.807, 2.05) is 24.3 Å². The highest BCUT2D eigenvalue weighted by Crippen LogP contribution is 2.30. The Morgan fingerprint density at radius 3 is 1.14 bits per heavy atom. The first-order valence-corrected chi connectivity index (χ1v) is 8.51. The Morgan fingerprint density at radius 1 is 0.464 bits per heavy atom. The highest BCUT2D eigenvalue weighted by atomic mass is 19.4. The summed E-state index contributed by atoms with van der Waals surface area (Å²) in [6.07, 6.45) is -7.78. The van der Waals surface area contributed by atoms with E-state index in [4.69, 9.17) is 0 Å². The quantitative estimate of drug-likeness (QED) is 0.422. The molecule has 0 nitrogen and oxygen atoms in total. The average Bonchev–Trinajstić information content (AvgIpc) is 2.61. The number of benzene rings is 3. The molecule has 0 aliphatic carbocycles. The molecule has 0 unspecified atom stereocenters. The lowest BCUT2D eigenvalue weighted by molar-refractivity contribution is -0.138. The highest BCUT2D eigenvalue weighted by molar-refractivity contribution is 5.35. The van der Waals surface area contributed by atoms with Crippen molar-refractivity contribution in [1.82, 2.24) is 0 Å². The van der Waals surface area contributed by atoms with Crippen LogP contribution in [0.1, 0.15) is 33.4 Å². The van der Waals surface area contributed by atoms with Gasteiger partial charge in [0.2, 0.25) is 0 Å². The molecule has 0 N–H and O–H groups in total. The first-order chi connectivity index (χ1) is 13.1. The van der Waals surface area contributed by atoms with Gasteiger partial charge in [-0.1, -0.05) is 48.5 Å². The maximum atomic E-state index is 12.6. The summed E-state index contributed by atoms with van der Waals surface area (Å²) in [6, 6.07) is 17.5. The zero-order valence-electron chi connectivity index (χ0n) is 14.6. The Morgan fingerprint density at radius 2 is 0.821 bits per heavy atom. The maximum absolute atomic E-state index is 12.6. The summed E-state index contributed by atoms with van der Waals surface area (Å²) in [4.78, 5) is 0. The first-order valence-electron chi connectivity index (χ1n) is 8.51. The van der Waals surface area contributed by atoms with Gasteiger partial charge in [0.05, 0.1) is 11.1 Å². The predicted octanol–water partition coefficient (Wildman–Crippen LogP) is 6.91. The number of hydrogen-bond donors (Lipinski definition) is 0. The topological polar surface area (TPSA) is 0 Å². The Hall–Kier alpha value is -2.76. The number of rotatable bonds is 4. The first kappa shape index (κ1) is 20.0. The molecule has 0 bridgehead atoms. The van der Waals surface area contributed by atoms with Gasteiger partial charge in [0, 0.05) is 0 Å². The maximum Gasteiger partial charge on any atom is 0.416 e. The Kier molecular flexibility index (Phi) is 5.49. The fourth-order valence-corrected chi connectivity index (χ4v) is 2.94. The van der Waals surface area contributed by atoms with Crippen LogP contribution < -0.4 is 0 Å². The van der Waals surface area contributed by atoms with Crippen molar-refractivity contribution in [2.24, 2.45) is 0 Å². The van der Waals surface area contributed by atoms with Crippen molar-refractivity contribution in [2.75, 3.05) is 0 Å². The second-order valence-electron chi connectivity index (χ2n) is 6.56. The van der Waals surface area contributed by atoms with E-state index >= 15 is 0 Å². The molecule has 3 rings (SSSR count). The van der Waals surface area contributed by atoms with Gasteiger partial charge in [0.1, 0.15) is 0 Å². The van der Waals surface area contributed by atoms with Gasteiger partial charge in [0.15, 0.2) is 0 Å². The van der Waals surface area contributed by atoms with Crippen LogP contribution in [0.15, 0.2) is 72.8 Å². The molecule has 0 spiro atoms. The van der Waals surface area contributed by atoms with Gasteiger partial charge in [-0.3, -0.25) is 0 Å². The molecule has 0 aliphatic rings. The Balaban J connectivity index is 1.70. The molecule has 0 saturated heterocycles. The normalized spacial score (nSPS) is 12.2. The fourth-order valence-electron chi connectivity index (χ4n) is 2.94. The van der Waals surface area contributed by atoms with Crippen molar-refractivity contribution in [1.29, 1.82) is 0 Å². The van der Waals surface area contributed by atoms with Crippen LogP contribution in [0.5, 0.6) is 0 Å². The minimum absolute atomic E-state index is 0.471. The van der Waals surface area contributed by atoms with E-state index in [0.29, 0.717) is 12.8 Å². The van der Waals surface area contributed by atoms with Crippen molar-refractivity contribution in [3.05, 3.63) is 106 Å². The Labute approximate surface area is 158 Å². The van der Waals surface area contributed by atoms with Crippen LogP contribution >= 0.6 is 0 Å². The summed E-state index contributed by atoms with van der Waals surface area (Å²) in [7, 11) is 0. The highest BCUT2D eigenvalue weighted by Gasteiger charge is 2.30. The molecule has 0 amide bonds. The smallest absolute Gasteiger partial charge is 0.166 e. The van der Waals surface area contributed by atoms with Crippen LogP contribution in [-0.2, 0) is 25.2 Å². The summed E-state index contributed by atoms with van der Waals surface area (Å²) < 4.78 is 75.8. The van der Waals surface area contributed by atoms with Gasteiger partial charge in [-0.25, -0.2) is 0 Å². The van der Waals surface area contributed by atoms with Gasteiger partial charge in [-0.15, -0.1) is 0 Å². The van der Waals surface area contributed by atoms with Crippen LogP contribution in [0.2, 0.25) is 0 Å². The second-order valence-corrected chi connectivity index (χ2v) is 6.56. The Bertz CT molecular complexity index is 844. The molecule has 0 atom stereocenters. The summed E-state index contributed by atoms with van der Waals surface area (Å²) >= 11 is 0. The van der Waals surface area contributed by atoms with Gasteiger partial charge in [-0.2, -0.15) is 26.3 Å². The molecule has 28 heavy (non-hydrogen) atoms. The van der Waals surface area contributed by atoms with Crippen LogP contribution in [-0.4, -0.2) is 0 Å². The van der Waals surface area contributed by atoms with Crippen LogP contribution in [0.25, 0.3) is 0 Å². The van der Waals surface area contributed by atoms with Gasteiger partial charge >= 0.3 is 12.4 Å². The molecule has 6 heteroatoms. The third-order valence-electron chi connectivity index (χ3n) is 4.37. The lowest BCUT2D eigenvalue weighted by Gasteiger charge is -2.10. The standard InChI is InChI=1S/C22H16F6/c23-21(24,25)19-8-4-15(5-9-19)12-17-2-1-3-18(14-17)13-16-6-10-20(11-7-16)22(26,27)28/h1-11,14H,12-13H2. The molecule has 0 fully saturated rings. The molecule has 0 aliphatic heterocycles. The lowest BCUT2D eigenvalue weighted by Crippen LogP contribution is -2.04. The van der Waals surface area contributed by atoms with E-state index in [1.54, 1.807) is 0 Å². The van der Waals surface area contributed by atoms with Crippen molar-refractivity contribution in [2.45, 2.75) is 25.2 Å². The van der Waals surface area contributed by atoms with E-state index in [2.05, 4.69) is 0 Å². The van der Waals surface area contributed by atoms with E-state index in [-0.39, 0.29) is 0 Å². The molecule has 3 aromatic rings. The third kappa shape index (κ3) is 5.15. The summed E-state index contributed by atoms with van der Waals surface area (Å²) in [5, 5.41) is 0. The third-order valence-corrected chi connectivity index (χ3v) is 4.37. The van der Waals surface area contributed by atoms with Gasteiger partial charge in [-0.05, 0) is 59.4 Å². The van der Waals surface area contributed by atoms with Gasteiger partial charge < -0.3 is 0 Å². The lowest BCUT2D eigenvalue weighted by atomic mass is 9.98. The molecule has 0 aromatic heterocycles. The van der Waals surface area contributed by atoms with Gasteiger partial charge in [0.25, 0.3) is 0 Å². The molecular formula is C22H16F6. The molecule has 0 saturated carbocycles. The molecule has 0 radical (unpaired) electrons. The number of alkyl halides is 6. The number of hydrogen-bond acceptors (Lipinski definition) is 0. The zero-order chi connectivity index (χ0) is 20.4. The van der Waals surface area contributed by atoms with E-state index in [1.165, 1.54) is 24.3 Å². The minimum atomic E-state index is -4.36. The zero-order valence-corrected chi connectivity index (χ0v) is 14.6. The largest absolute Gasteiger partial charge is 0.416 e. The monoisotopic (exact) mass is 394 g/mol. The van der Waals surface area contributed by atoms with Crippen LogP contribution in [0.3, 0.4) is 0 Å². The molecule has 0 heterocycles. The molecule has 3 aromatic carbocycles. The van der Waals surface area contributed by atoms with Crippen molar-refractivity contribution in [3.8, 4) is 0 Å². The van der Waals surface area contributed by atoms with E-state index < -0.39 is 23.5 Å². The van der Waals surface area contributed by atoms with E-state index in [0.717, 1.165) is 46.5 Å². The van der Waals surface area contributed by atoms with Crippen molar-refractivity contribution < 1.29 is 26.3 Å². The summed E-state index contributed by atoms with van der Waals surface area (Å²) in [5.74, 6) is 0. The number of halogens is 6. The summed E-state index contributed by atoms with van der Waals surface area (Å²) in [6.45, 7) is 0. The van der Waals surface area contributed by atoms with Crippen molar-refractivity contribution >= 4 is 0 Å². The van der Waals surface area contributed by atoms with Crippen LogP contribution in [0, 0.1) is 0 Å². The van der Waals surface area contributed by atoms with E-state index in [9.17, 15) is 26.3 Å². The summed E-state index contributed by atoms with van der Waals surface area (Å²) in [5.41, 5.74) is 1.97. The SMILES string of the molecule is FC(F)(F)c1ccc(Cc2cccc(Cc3ccc(C(F)(F)F)cc3)c2)cc1.